The van der Waals surface area contributed by atoms with Gasteiger partial charge in [-0.15, -0.1) is 0 Å². The van der Waals surface area contributed by atoms with Crippen LogP contribution in [0.3, 0.4) is 0 Å². The molecule has 2 aliphatic heterocycles. The third kappa shape index (κ3) is 2.93. The van der Waals surface area contributed by atoms with Gasteiger partial charge in [-0.25, -0.2) is 0 Å². The molecule has 2 fully saturated rings. The van der Waals surface area contributed by atoms with Gasteiger partial charge in [0.25, 0.3) is 0 Å². The minimum atomic E-state index is -0.406. The summed E-state index contributed by atoms with van der Waals surface area (Å²) in [6.07, 6.45) is 2.63. The molecule has 0 saturated carbocycles. The van der Waals surface area contributed by atoms with Gasteiger partial charge in [0.1, 0.15) is 0 Å². The van der Waals surface area contributed by atoms with Crippen molar-refractivity contribution in [3.63, 3.8) is 0 Å². The third-order valence-corrected chi connectivity index (χ3v) is 4.77. The molecule has 0 aromatic heterocycles. The first-order valence-corrected chi connectivity index (χ1v) is 7.23. The van der Waals surface area contributed by atoms with Gasteiger partial charge < -0.3 is 20.1 Å². The van der Waals surface area contributed by atoms with Gasteiger partial charge in [0.15, 0.2) is 0 Å². The van der Waals surface area contributed by atoms with Crippen molar-refractivity contribution in [1.82, 2.24) is 4.90 Å². The van der Waals surface area contributed by atoms with Gasteiger partial charge in [0.2, 0.25) is 5.91 Å². The molecule has 2 aliphatic rings. The molecule has 5 nitrogen and oxygen atoms in total. The van der Waals surface area contributed by atoms with Gasteiger partial charge in [-0.3, -0.25) is 4.79 Å². The minimum absolute atomic E-state index is 0.146. The zero-order valence-corrected chi connectivity index (χ0v) is 12.1. The lowest BCUT2D eigenvalue weighted by Crippen LogP contribution is -2.55. The summed E-state index contributed by atoms with van der Waals surface area (Å²) in [5.41, 5.74) is 5.50. The van der Waals surface area contributed by atoms with Crippen LogP contribution in [-0.4, -0.2) is 56.9 Å². The molecule has 1 amide bonds. The topological polar surface area (TPSA) is 64.8 Å². The van der Waals surface area contributed by atoms with Gasteiger partial charge in [0, 0.05) is 40.0 Å². The molecular weight excluding hydrogens is 244 g/mol. The van der Waals surface area contributed by atoms with Gasteiger partial charge >= 0.3 is 0 Å². The fraction of sp³-hybridized carbons (Fsp3) is 0.929. The standard InChI is InChI=1S/C14H26N2O3/c1-11-3-6-16(9-12(11)18-2)13(17)14(10-15)4-7-19-8-5-14/h11-12H,3-10,15H2,1-2H3. The van der Waals surface area contributed by atoms with Crippen LogP contribution in [0.15, 0.2) is 0 Å². The molecule has 0 bridgehead atoms. The second-order valence-corrected chi connectivity index (χ2v) is 5.89. The Bertz CT molecular complexity index is 316. The molecule has 2 saturated heterocycles. The molecule has 2 N–H and O–H groups in total. The van der Waals surface area contributed by atoms with Gasteiger partial charge in [-0.05, 0) is 25.2 Å². The van der Waals surface area contributed by atoms with Crippen LogP contribution in [0.4, 0.5) is 0 Å². The Kier molecular flexibility index (Phi) is 4.81. The van der Waals surface area contributed by atoms with Gasteiger partial charge in [-0.2, -0.15) is 0 Å². The second-order valence-electron chi connectivity index (χ2n) is 5.89. The Balaban J connectivity index is 2.05. The summed E-state index contributed by atoms with van der Waals surface area (Å²) in [6.45, 7) is 5.39. The number of nitrogens with zero attached hydrogens (tertiary/aromatic N) is 1. The lowest BCUT2D eigenvalue weighted by atomic mass is 9.78. The Morgan fingerprint density at radius 3 is 2.74 bits per heavy atom. The monoisotopic (exact) mass is 270 g/mol. The lowest BCUT2D eigenvalue weighted by Gasteiger charge is -2.43. The molecule has 0 aliphatic carbocycles. The summed E-state index contributed by atoms with van der Waals surface area (Å²) in [7, 11) is 1.72. The average molecular weight is 270 g/mol. The van der Waals surface area contributed by atoms with Crippen molar-refractivity contribution in [2.45, 2.75) is 32.3 Å². The maximum atomic E-state index is 12.8. The number of hydrogen-bond donors (Lipinski definition) is 1. The zero-order chi connectivity index (χ0) is 13.9. The third-order valence-electron chi connectivity index (χ3n) is 4.77. The number of hydrogen-bond acceptors (Lipinski definition) is 4. The first-order chi connectivity index (χ1) is 9.13. The maximum Gasteiger partial charge on any atom is 0.230 e. The van der Waals surface area contributed by atoms with Crippen molar-refractivity contribution < 1.29 is 14.3 Å². The predicted molar refractivity (Wildman–Crippen MR) is 72.7 cm³/mol. The number of ether oxygens (including phenoxy) is 2. The average Bonchev–Trinajstić information content (AvgIpc) is 2.47. The van der Waals surface area contributed by atoms with E-state index < -0.39 is 5.41 Å². The summed E-state index contributed by atoms with van der Waals surface area (Å²) in [5.74, 6) is 0.713. The van der Waals surface area contributed by atoms with Crippen LogP contribution in [0.2, 0.25) is 0 Å². The Morgan fingerprint density at radius 1 is 1.47 bits per heavy atom. The Morgan fingerprint density at radius 2 is 2.16 bits per heavy atom. The van der Waals surface area contributed by atoms with Crippen molar-refractivity contribution in [3.8, 4) is 0 Å². The summed E-state index contributed by atoms with van der Waals surface area (Å²) in [5, 5.41) is 0. The number of nitrogens with two attached hydrogens (primary N) is 1. The van der Waals surface area contributed by atoms with E-state index in [1.54, 1.807) is 7.11 Å². The quantitative estimate of drug-likeness (QED) is 0.817. The Labute approximate surface area is 115 Å². The van der Waals surface area contributed by atoms with Gasteiger partial charge in [-0.1, -0.05) is 6.92 Å². The highest BCUT2D eigenvalue weighted by Gasteiger charge is 2.43. The zero-order valence-electron chi connectivity index (χ0n) is 12.1. The highest BCUT2D eigenvalue weighted by molar-refractivity contribution is 5.83. The fourth-order valence-electron chi connectivity index (χ4n) is 3.13. The SMILES string of the molecule is COC1CN(C(=O)C2(CN)CCOCC2)CCC1C. The van der Waals surface area contributed by atoms with Gasteiger partial charge in [0.05, 0.1) is 11.5 Å². The molecule has 19 heavy (non-hydrogen) atoms. The van der Waals surface area contributed by atoms with E-state index in [1.165, 1.54) is 0 Å². The number of rotatable bonds is 3. The van der Waals surface area contributed by atoms with Crippen molar-refractivity contribution >= 4 is 5.91 Å². The van der Waals surface area contributed by atoms with E-state index in [9.17, 15) is 4.79 Å². The number of amides is 1. The summed E-state index contributed by atoms with van der Waals surface area (Å²) in [4.78, 5) is 14.8. The number of likely N-dealkylation sites (tertiary alicyclic amines) is 1. The fourth-order valence-corrected chi connectivity index (χ4v) is 3.13. The Hall–Kier alpha value is -0.650. The normalized spacial score (nSPS) is 31.2. The molecule has 2 heterocycles. The largest absolute Gasteiger partial charge is 0.381 e. The van der Waals surface area contributed by atoms with Crippen molar-refractivity contribution in [3.05, 3.63) is 0 Å². The van der Waals surface area contributed by atoms with E-state index in [2.05, 4.69) is 6.92 Å². The molecule has 0 aromatic carbocycles. The molecule has 110 valence electrons. The molecule has 0 spiro atoms. The van der Waals surface area contributed by atoms with Crippen molar-refractivity contribution in [2.75, 3.05) is 40.0 Å². The maximum absolute atomic E-state index is 12.8. The van der Waals surface area contributed by atoms with Crippen molar-refractivity contribution in [1.29, 1.82) is 0 Å². The van der Waals surface area contributed by atoms with Crippen LogP contribution >= 0.6 is 0 Å². The van der Waals surface area contributed by atoms with Crippen LogP contribution in [0.5, 0.6) is 0 Å². The van der Waals surface area contributed by atoms with E-state index in [1.807, 2.05) is 4.90 Å². The molecule has 2 unspecified atom stereocenters. The van der Waals surface area contributed by atoms with E-state index >= 15 is 0 Å². The van der Waals surface area contributed by atoms with Crippen LogP contribution in [-0.2, 0) is 14.3 Å². The molecule has 0 radical (unpaired) electrons. The summed E-state index contributed by atoms with van der Waals surface area (Å²) < 4.78 is 10.9. The summed E-state index contributed by atoms with van der Waals surface area (Å²) in [6, 6.07) is 0. The van der Waals surface area contributed by atoms with E-state index in [0.29, 0.717) is 32.2 Å². The number of carbonyl (C=O) groups is 1. The number of methoxy groups -OCH3 is 1. The number of piperidine rings is 1. The van der Waals surface area contributed by atoms with Crippen molar-refractivity contribution in [2.24, 2.45) is 17.1 Å². The first-order valence-electron chi connectivity index (χ1n) is 7.23. The number of carbonyl (C=O) groups excluding carboxylic acids is 1. The first kappa shape index (κ1) is 14.8. The minimum Gasteiger partial charge on any atom is -0.381 e. The van der Waals surface area contributed by atoms with E-state index in [0.717, 1.165) is 25.8 Å². The smallest absolute Gasteiger partial charge is 0.230 e. The predicted octanol–water partition coefficient (Wildman–Crippen LogP) is 0.625. The summed E-state index contributed by atoms with van der Waals surface area (Å²) >= 11 is 0. The lowest BCUT2D eigenvalue weighted by molar-refractivity contribution is -0.152. The van der Waals surface area contributed by atoms with Crippen LogP contribution in [0.1, 0.15) is 26.2 Å². The molecule has 2 atom stereocenters. The highest BCUT2D eigenvalue weighted by Crippen LogP contribution is 2.33. The second kappa shape index (κ2) is 6.20. The van der Waals surface area contributed by atoms with E-state index in [-0.39, 0.29) is 12.0 Å². The highest BCUT2D eigenvalue weighted by atomic mass is 16.5. The van der Waals surface area contributed by atoms with Crippen LogP contribution < -0.4 is 5.73 Å². The van der Waals surface area contributed by atoms with Crippen LogP contribution in [0, 0.1) is 11.3 Å². The molecule has 0 aromatic rings. The molecular formula is C14H26N2O3. The molecule has 5 heteroatoms. The van der Waals surface area contributed by atoms with E-state index in [4.69, 9.17) is 15.2 Å². The molecule has 2 rings (SSSR count). The van der Waals surface area contributed by atoms with Crippen LogP contribution in [0.25, 0.3) is 0 Å².